The fraction of sp³-hybridized carbons (Fsp3) is 0.677. The van der Waals surface area contributed by atoms with Crippen molar-refractivity contribution in [2.24, 2.45) is 0 Å². The molecule has 5 aliphatic heterocycles. The van der Waals surface area contributed by atoms with Gasteiger partial charge in [-0.15, -0.1) is 0 Å². The number of likely N-dealkylation sites (tertiary alicyclic amines) is 2. The number of rotatable bonds is 3. The van der Waals surface area contributed by atoms with Gasteiger partial charge in [0.15, 0.2) is 5.75 Å². The number of hydrogen-bond acceptors (Lipinski definition) is 9. The highest BCUT2D eigenvalue weighted by Gasteiger charge is 2.42. The Labute approximate surface area is 244 Å². The Hall–Kier alpha value is -2.98. The quantitative estimate of drug-likeness (QED) is 0.567. The van der Waals surface area contributed by atoms with Crippen LogP contribution in [0.4, 0.5) is 10.5 Å². The Morgan fingerprint density at radius 3 is 2.54 bits per heavy atom. The molecule has 1 amide bonds. The van der Waals surface area contributed by atoms with Gasteiger partial charge in [-0.1, -0.05) is 0 Å². The molecule has 0 bridgehead atoms. The van der Waals surface area contributed by atoms with Gasteiger partial charge in [-0.3, -0.25) is 9.88 Å². The lowest BCUT2D eigenvalue weighted by Crippen LogP contribution is -2.62. The van der Waals surface area contributed by atoms with E-state index in [4.69, 9.17) is 19.2 Å². The van der Waals surface area contributed by atoms with E-state index in [0.29, 0.717) is 12.0 Å². The van der Waals surface area contributed by atoms with Crippen molar-refractivity contribution in [2.45, 2.75) is 83.7 Å². The van der Waals surface area contributed by atoms with Crippen LogP contribution in [0.1, 0.15) is 64.8 Å². The summed E-state index contributed by atoms with van der Waals surface area (Å²) in [6, 6.07) is 2.63. The predicted molar refractivity (Wildman–Crippen MR) is 158 cm³/mol. The minimum absolute atomic E-state index is 0.124. The van der Waals surface area contributed by atoms with Gasteiger partial charge in [-0.25, -0.2) is 4.79 Å². The van der Waals surface area contributed by atoms with Crippen LogP contribution in [0.3, 0.4) is 0 Å². The maximum absolute atomic E-state index is 12.4. The van der Waals surface area contributed by atoms with E-state index in [2.05, 4.69) is 53.3 Å². The summed E-state index contributed by atoms with van der Waals surface area (Å²) in [5, 5.41) is 7.43. The third kappa shape index (κ3) is 5.60. The number of dihydropyridines is 1. The average molecular weight is 567 g/mol. The zero-order valence-electron chi connectivity index (χ0n) is 25.5. The van der Waals surface area contributed by atoms with E-state index in [-0.39, 0.29) is 12.2 Å². The third-order valence-electron chi connectivity index (χ3n) is 9.01. The fourth-order valence-electron chi connectivity index (χ4n) is 6.87. The molecule has 0 spiro atoms. The van der Waals surface area contributed by atoms with Crippen molar-refractivity contribution in [3.63, 3.8) is 0 Å². The SMILES string of the molecule is Cc1nc(C2CCN(C3CN(C(=O)OC(C)(C)C)C3)CC2)cc2c1OC(C)C1=C(N3CCOCC3)C=CNC1(C)N2. The van der Waals surface area contributed by atoms with E-state index in [1.54, 1.807) is 0 Å². The number of nitrogens with one attached hydrogen (secondary N) is 2. The number of nitrogens with zero attached hydrogens (tertiary/aromatic N) is 4. The summed E-state index contributed by atoms with van der Waals surface area (Å²) in [7, 11) is 0. The monoisotopic (exact) mass is 566 g/mol. The van der Waals surface area contributed by atoms with Crippen LogP contribution >= 0.6 is 0 Å². The summed E-state index contributed by atoms with van der Waals surface area (Å²) in [5.41, 5.74) is 4.53. The van der Waals surface area contributed by atoms with Crippen molar-refractivity contribution in [1.29, 1.82) is 0 Å². The number of pyridine rings is 1. The number of piperidine rings is 1. The summed E-state index contributed by atoms with van der Waals surface area (Å²) in [6.45, 7) is 18.9. The van der Waals surface area contributed by atoms with Crippen LogP contribution in [0.15, 0.2) is 29.6 Å². The Morgan fingerprint density at radius 2 is 1.85 bits per heavy atom. The van der Waals surface area contributed by atoms with Gasteiger partial charge < -0.3 is 34.6 Å². The first-order valence-corrected chi connectivity index (χ1v) is 15.2. The number of aromatic nitrogens is 1. The largest absolute Gasteiger partial charge is 0.482 e. The molecule has 41 heavy (non-hydrogen) atoms. The number of ether oxygens (including phenoxy) is 3. The number of fused-ring (bicyclic) bond motifs is 2. The van der Waals surface area contributed by atoms with Crippen LogP contribution < -0.4 is 15.4 Å². The van der Waals surface area contributed by atoms with E-state index in [1.165, 1.54) is 11.3 Å². The number of carbonyl (C=O) groups excluding carboxylic acids is 1. The number of aryl methyl sites for hydroxylation is 1. The standard InChI is InChI=1S/C31H46N6O4/c1-20-28-25(34-31(6)27(21(2)40-28)26(7-10-32-31)36-13-15-39-16-14-36)17-24(33-20)22-8-11-35(12-9-22)23-18-37(19-23)29(38)41-30(3,4)5/h7,10,17,21-23,32,34H,8-9,11-16,18-19H2,1-6H3. The van der Waals surface area contributed by atoms with Crippen molar-refractivity contribution in [3.8, 4) is 5.75 Å². The van der Waals surface area contributed by atoms with Crippen LogP contribution in [0, 0.1) is 6.92 Å². The number of carbonyl (C=O) groups is 1. The van der Waals surface area contributed by atoms with Crippen LogP contribution in [0.2, 0.25) is 0 Å². The van der Waals surface area contributed by atoms with Crippen LogP contribution in [-0.4, -0.2) is 102 Å². The van der Waals surface area contributed by atoms with Crippen molar-refractivity contribution in [1.82, 2.24) is 25.0 Å². The molecule has 5 aliphatic rings. The molecule has 3 fully saturated rings. The first-order valence-electron chi connectivity index (χ1n) is 15.2. The Balaban J connectivity index is 1.14. The molecule has 2 unspecified atom stereocenters. The second-order valence-corrected chi connectivity index (χ2v) is 13.2. The molecule has 2 N–H and O–H groups in total. The van der Waals surface area contributed by atoms with Gasteiger partial charge in [0.05, 0.1) is 24.6 Å². The van der Waals surface area contributed by atoms with Crippen LogP contribution in [0.5, 0.6) is 5.75 Å². The van der Waals surface area contributed by atoms with E-state index in [0.717, 1.165) is 88.1 Å². The molecular formula is C31H46N6O4. The zero-order valence-corrected chi connectivity index (χ0v) is 25.5. The maximum atomic E-state index is 12.4. The smallest absolute Gasteiger partial charge is 0.410 e. The highest BCUT2D eigenvalue weighted by Crippen LogP contribution is 2.43. The number of hydrogen-bond donors (Lipinski definition) is 2. The van der Waals surface area contributed by atoms with Crippen molar-refractivity contribution in [2.75, 3.05) is 57.8 Å². The summed E-state index contributed by atoms with van der Waals surface area (Å²) >= 11 is 0. The third-order valence-corrected chi connectivity index (χ3v) is 9.01. The van der Waals surface area contributed by atoms with Crippen molar-refractivity contribution in [3.05, 3.63) is 41.0 Å². The Morgan fingerprint density at radius 1 is 1.15 bits per heavy atom. The number of amides is 1. The molecule has 224 valence electrons. The van der Waals surface area contributed by atoms with Crippen molar-refractivity contribution >= 4 is 11.8 Å². The molecular weight excluding hydrogens is 520 g/mol. The van der Waals surface area contributed by atoms with Crippen LogP contribution in [0.25, 0.3) is 0 Å². The second kappa shape index (κ2) is 10.7. The van der Waals surface area contributed by atoms with Gasteiger partial charge in [-0.2, -0.15) is 0 Å². The lowest BCUT2D eigenvalue weighted by atomic mass is 9.90. The normalized spacial score (nSPS) is 27.6. The van der Waals surface area contributed by atoms with E-state index in [1.807, 2.05) is 31.9 Å². The summed E-state index contributed by atoms with van der Waals surface area (Å²) < 4.78 is 17.8. The fourth-order valence-corrected chi connectivity index (χ4v) is 6.87. The zero-order chi connectivity index (χ0) is 28.9. The summed E-state index contributed by atoms with van der Waals surface area (Å²) in [4.78, 5) is 24.2. The van der Waals surface area contributed by atoms with Gasteiger partial charge in [0.1, 0.15) is 17.4 Å². The van der Waals surface area contributed by atoms with E-state index in [9.17, 15) is 4.79 Å². The first-order chi connectivity index (χ1) is 19.5. The van der Waals surface area contributed by atoms with Gasteiger partial charge in [0, 0.05) is 61.3 Å². The number of allylic oxidation sites excluding steroid dienone is 1. The summed E-state index contributed by atoms with van der Waals surface area (Å²) in [5.74, 6) is 1.23. The molecule has 0 aliphatic carbocycles. The minimum Gasteiger partial charge on any atom is -0.482 e. The first kappa shape index (κ1) is 28.2. The Bertz CT molecular complexity index is 1220. The molecule has 10 heteroatoms. The molecule has 3 saturated heterocycles. The maximum Gasteiger partial charge on any atom is 0.410 e. The molecule has 1 aromatic rings. The summed E-state index contributed by atoms with van der Waals surface area (Å²) in [6.07, 6.45) is 5.99. The molecule has 10 nitrogen and oxygen atoms in total. The van der Waals surface area contributed by atoms with Crippen molar-refractivity contribution < 1.29 is 19.0 Å². The molecule has 6 rings (SSSR count). The second-order valence-electron chi connectivity index (χ2n) is 13.2. The van der Waals surface area contributed by atoms with E-state index < -0.39 is 11.3 Å². The topological polar surface area (TPSA) is 91.4 Å². The molecule has 0 aromatic carbocycles. The predicted octanol–water partition coefficient (Wildman–Crippen LogP) is 3.80. The minimum atomic E-state index is -0.480. The van der Waals surface area contributed by atoms with E-state index >= 15 is 0 Å². The lowest BCUT2D eigenvalue weighted by molar-refractivity contribution is -0.0197. The van der Waals surface area contributed by atoms with Gasteiger partial charge in [0.25, 0.3) is 0 Å². The van der Waals surface area contributed by atoms with Crippen LogP contribution in [-0.2, 0) is 9.47 Å². The molecule has 6 heterocycles. The Kier molecular flexibility index (Phi) is 7.34. The van der Waals surface area contributed by atoms with Gasteiger partial charge in [0.2, 0.25) is 0 Å². The molecule has 0 saturated carbocycles. The lowest BCUT2D eigenvalue weighted by Gasteiger charge is -2.47. The molecule has 2 atom stereocenters. The average Bonchev–Trinajstić information content (AvgIpc) is 3.00. The highest BCUT2D eigenvalue weighted by molar-refractivity contribution is 5.69. The van der Waals surface area contributed by atoms with Gasteiger partial charge in [-0.05, 0) is 79.6 Å². The molecule has 0 radical (unpaired) electrons. The molecule has 1 aromatic heterocycles. The van der Waals surface area contributed by atoms with Gasteiger partial charge >= 0.3 is 6.09 Å². The number of anilines is 1. The number of morpholine rings is 1. The highest BCUT2D eigenvalue weighted by atomic mass is 16.6.